The summed E-state index contributed by atoms with van der Waals surface area (Å²) in [6.07, 6.45) is 11.1. The summed E-state index contributed by atoms with van der Waals surface area (Å²) < 4.78 is 29.8. The van der Waals surface area contributed by atoms with Crippen LogP contribution in [0.1, 0.15) is 63.0 Å². The Morgan fingerprint density at radius 3 is 2.56 bits per heavy atom. The highest BCUT2D eigenvalue weighted by Gasteiger charge is 2.35. The lowest BCUT2D eigenvalue weighted by Crippen LogP contribution is -2.56. The minimum atomic E-state index is -3.46. The van der Waals surface area contributed by atoms with Gasteiger partial charge in [0.1, 0.15) is 17.3 Å². The van der Waals surface area contributed by atoms with E-state index in [-0.39, 0.29) is 29.8 Å². The lowest BCUT2D eigenvalue weighted by Gasteiger charge is -2.41. The van der Waals surface area contributed by atoms with Gasteiger partial charge in [-0.2, -0.15) is 9.29 Å². The number of halogens is 1. The molecule has 1 unspecified atom stereocenters. The zero-order valence-electron chi connectivity index (χ0n) is 23.9. The lowest BCUT2D eigenvalue weighted by molar-refractivity contribution is -0.121. The summed E-state index contributed by atoms with van der Waals surface area (Å²) in [6, 6.07) is 9.21. The van der Waals surface area contributed by atoms with E-state index in [1.54, 1.807) is 29.4 Å². The molecule has 1 aliphatic rings. The molecule has 12 heteroatoms. The molecular weight excluding hydrogens is 562 g/mol. The first kappa shape index (κ1) is 30.9. The number of unbranched alkanes of at least 4 members (excludes halogenated alkanes) is 5. The molecule has 1 saturated heterocycles. The second-order valence-electron chi connectivity index (χ2n) is 10.6. The minimum Gasteiger partial charge on any atom is -0.352 e. The number of aromatic nitrogens is 4. The van der Waals surface area contributed by atoms with E-state index in [9.17, 15) is 13.2 Å². The van der Waals surface area contributed by atoms with Crippen molar-refractivity contribution in [2.24, 2.45) is 0 Å². The molecule has 41 heavy (non-hydrogen) atoms. The number of nitrogens with one attached hydrogen (secondary N) is 1. The number of benzene rings is 1. The molecular formula is C29H40ClN7O3S. The topological polar surface area (TPSA) is 113 Å². The molecule has 1 amide bonds. The highest BCUT2D eigenvalue weighted by Crippen LogP contribution is 2.26. The summed E-state index contributed by atoms with van der Waals surface area (Å²) in [5.41, 5.74) is 2.15. The van der Waals surface area contributed by atoms with Gasteiger partial charge in [-0.3, -0.25) is 9.36 Å². The van der Waals surface area contributed by atoms with Crippen LogP contribution in [-0.4, -0.2) is 69.6 Å². The molecule has 1 atom stereocenters. The summed E-state index contributed by atoms with van der Waals surface area (Å²) in [6.45, 7) is 5.46. The molecule has 0 saturated carbocycles. The van der Waals surface area contributed by atoms with Crippen LogP contribution in [0.2, 0.25) is 5.15 Å². The van der Waals surface area contributed by atoms with E-state index < -0.39 is 16.1 Å². The van der Waals surface area contributed by atoms with Gasteiger partial charge in [0.15, 0.2) is 0 Å². The van der Waals surface area contributed by atoms with Gasteiger partial charge in [-0.05, 0) is 18.9 Å². The van der Waals surface area contributed by atoms with Crippen molar-refractivity contribution in [1.29, 1.82) is 0 Å². The number of hydrogen-bond donors (Lipinski definition) is 1. The predicted octanol–water partition coefficient (Wildman–Crippen LogP) is 4.51. The van der Waals surface area contributed by atoms with Gasteiger partial charge < -0.3 is 10.2 Å². The third kappa shape index (κ3) is 8.98. The normalized spacial score (nSPS) is 16.2. The number of carbonyl (C=O) groups is 1. The molecule has 0 radical (unpaired) electrons. The van der Waals surface area contributed by atoms with Crippen LogP contribution < -0.4 is 10.2 Å². The highest BCUT2D eigenvalue weighted by atomic mass is 35.5. The molecule has 1 N–H and O–H groups in total. The van der Waals surface area contributed by atoms with Crippen LogP contribution >= 0.6 is 11.6 Å². The molecule has 1 aliphatic heterocycles. The first-order chi connectivity index (χ1) is 19.7. The van der Waals surface area contributed by atoms with E-state index in [1.807, 2.05) is 36.1 Å². The zero-order valence-corrected chi connectivity index (χ0v) is 25.4. The van der Waals surface area contributed by atoms with Gasteiger partial charge in [0.25, 0.3) is 0 Å². The van der Waals surface area contributed by atoms with Crippen LogP contribution in [0.4, 0.5) is 5.82 Å². The van der Waals surface area contributed by atoms with E-state index in [0.717, 1.165) is 36.8 Å². The third-order valence-electron chi connectivity index (χ3n) is 7.33. The highest BCUT2D eigenvalue weighted by molar-refractivity contribution is 7.89. The Morgan fingerprint density at radius 2 is 1.83 bits per heavy atom. The van der Waals surface area contributed by atoms with Crippen LogP contribution in [-0.2, 0) is 21.4 Å². The van der Waals surface area contributed by atoms with Gasteiger partial charge in [0.05, 0.1) is 11.8 Å². The Bertz CT molecular complexity index is 1370. The Labute approximate surface area is 248 Å². The van der Waals surface area contributed by atoms with Gasteiger partial charge in [0.2, 0.25) is 21.9 Å². The van der Waals surface area contributed by atoms with Crippen LogP contribution in [0.3, 0.4) is 0 Å². The van der Waals surface area contributed by atoms with Gasteiger partial charge in [0, 0.05) is 51.1 Å². The molecule has 1 aromatic carbocycles. The number of hydrogen-bond acceptors (Lipinski definition) is 7. The quantitative estimate of drug-likeness (QED) is 0.214. The number of carbonyl (C=O) groups excluding carboxylic acids is 1. The molecule has 2 aromatic heterocycles. The number of rotatable bonds is 14. The summed E-state index contributed by atoms with van der Waals surface area (Å²) in [4.78, 5) is 28.1. The van der Waals surface area contributed by atoms with Crippen molar-refractivity contribution in [2.45, 2.75) is 71.4 Å². The van der Waals surface area contributed by atoms with Crippen LogP contribution in [0, 0.1) is 6.92 Å². The van der Waals surface area contributed by atoms with Crippen molar-refractivity contribution in [2.75, 3.05) is 30.3 Å². The Hall–Kier alpha value is -3.02. The molecule has 1 fully saturated rings. The summed E-state index contributed by atoms with van der Waals surface area (Å²) in [7, 11) is -3.46. The number of amides is 1. The maximum absolute atomic E-state index is 13.3. The van der Waals surface area contributed by atoms with Crippen molar-refractivity contribution in [3.63, 3.8) is 0 Å². The Balaban J connectivity index is 1.48. The number of piperazine rings is 1. The second kappa shape index (κ2) is 14.7. The van der Waals surface area contributed by atoms with Crippen LogP contribution in [0.25, 0.3) is 5.95 Å². The largest absolute Gasteiger partial charge is 0.352 e. The molecule has 222 valence electrons. The fraction of sp³-hybridized carbons (Fsp3) is 0.517. The van der Waals surface area contributed by atoms with Gasteiger partial charge >= 0.3 is 0 Å². The molecule has 10 nitrogen and oxygen atoms in total. The first-order valence-electron chi connectivity index (χ1n) is 14.3. The Morgan fingerprint density at radius 1 is 1.07 bits per heavy atom. The fourth-order valence-corrected chi connectivity index (χ4v) is 6.74. The molecule has 0 spiro atoms. The summed E-state index contributed by atoms with van der Waals surface area (Å²) in [5, 5.41) is 3.24. The number of nitrogens with zero attached hydrogens (tertiary/aromatic N) is 6. The van der Waals surface area contributed by atoms with Gasteiger partial charge in [-0.1, -0.05) is 80.5 Å². The summed E-state index contributed by atoms with van der Waals surface area (Å²) >= 11 is 6.37. The van der Waals surface area contributed by atoms with Gasteiger partial charge in [-0.25, -0.2) is 18.4 Å². The molecule has 3 aromatic rings. The monoisotopic (exact) mass is 601 g/mol. The SMILES string of the molecule is CCCCCCCCS(=O)(=O)N1CCN(c2cc(Cl)nc(-n3ccnc3)n2)C(CC(=O)NCc2ccc(C)cc2)C1. The standard InChI is InChI=1S/C29H40ClN7O3S/c1-3-4-5-6-7-8-17-41(39,40)36-15-16-37(27-19-26(30)33-29(34-27)35-14-13-31-22-35)25(21-36)18-28(38)32-20-24-11-9-23(2)10-12-24/h9-14,19,22,25H,3-8,15-18,20-21H2,1-2H3,(H,32,38). The van der Waals surface area contributed by atoms with Crippen LogP contribution in [0.15, 0.2) is 49.1 Å². The first-order valence-corrected chi connectivity index (χ1v) is 16.3. The minimum absolute atomic E-state index is 0.108. The smallest absolute Gasteiger partial charge is 0.238 e. The number of imidazole rings is 1. The number of sulfonamides is 1. The van der Waals surface area contributed by atoms with E-state index in [4.69, 9.17) is 11.6 Å². The predicted molar refractivity (Wildman–Crippen MR) is 162 cm³/mol. The maximum atomic E-state index is 13.3. The molecule has 0 bridgehead atoms. The fourth-order valence-electron chi connectivity index (χ4n) is 4.98. The number of anilines is 1. The third-order valence-corrected chi connectivity index (χ3v) is 9.44. The average molecular weight is 602 g/mol. The van der Waals surface area contributed by atoms with E-state index in [0.29, 0.717) is 37.8 Å². The molecule has 0 aliphatic carbocycles. The summed E-state index contributed by atoms with van der Waals surface area (Å²) in [5.74, 6) is 0.852. The zero-order chi connectivity index (χ0) is 29.2. The maximum Gasteiger partial charge on any atom is 0.238 e. The second-order valence-corrected chi connectivity index (χ2v) is 13.1. The lowest BCUT2D eigenvalue weighted by atomic mass is 10.1. The average Bonchev–Trinajstić information content (AvgIpc) is 3.50. The van der Waals surface area contributed by atoms with Gasteiger partial charge in [-0.15, -0.1) is 0 Å². The van der Waals surface area contributed by atoms with E-state index in [2.05, 4.69) is 27.2 Å². The van der Waals surface area contributed by atoms with Crippen molar-refractivity contribution in [3.8, 4) is 5.95 Å². The van der Waals surface area contributed by atoms with Crippen molar-refractivity contribution >= 4 is 33.3 Å². The van der Waals surface area contributed by atoms with E-state index >= 15 is 0 Å². The molecule has 3 heterocycles. The van der Waals surface area contributed by atoms with Crippen molar-refractivity contribution in [1.82, 2.24) is 29.1 Å². The van der Waals surface area contributed by atoms with E-state index in [1.165, 1.54) is 10.7 Å². The number of aryl methyl sites for hydroxylation is 1. The van der Waals surface area contributed by atoms with Crippen LogP contribution in [0.5, 0.6) is 0 Å². The van der Waals surface area contributed by atoms with Crippen molar-refractivity contribution in [3.05, 3.63) is 65.3 Å². The Kier molecular flexibility index (Phi) is 11.1. The molecule has 4 rings (SSSR count). The van der Waals surface area contributed by atoms with Crippen molar-refractivity contribution < 1.29 is 13.2 Å².